The fourth-order valence-corrected chi connectivity index (χ4v) is 1.90. The normalized spacial score (nSPS) is 10.3. The molecule has 144 valence electrons. The molecule has 0 fully saturated rings. The lowest BCUT2D eigenvalue weighted by molar-refractivity contribution is -0.142. The number of rotatable bonds is 10. The maximum Gasteiger partial charge on any atom is 0.339 e. The van der Waals surface area contributed by atoms with E-state index in [1.807, 2.05) is 6.92 Å². The van der Waals surface area contributed by atoms with Crippen molar-refractivity contribution in [2.24, 2.45) is 0 Å². The lowest BCUT2D eigenvalue weighted by Crippen LogP contribution is -2.32. The Morgan fingerprint density at radius 2 is 1.92 bits per heavy atom. The van der Waals surface area contributed by atoms with Gasteiger partial charge >= 0.3 is 11.9 Å². The molecule has 0 saturated carbocycles. The first-order chi connectivity index (χ1) is 12.4. The summed E-state index contributed by atoms with van der Waals surface area (Å²) in [6.07, 6.45) is 2.68. The third kappa shape index (κ3) is 7.08. The molecule has 1 heterocycles. The Balaban J connectivity index is 2.83. The minimum absolute atomic E-state index is 0.0203. The smallest absolute Gasteiger partial charge is 0.339 e. The number of amides is 1. The van der Waals surface area contributed by atoms with Gasteiger partial charge in [0, 0.05) is 6.20 Å². The minimum atomic E-state index is -0.594. The third-order valence-electron chi connectivity index (χ3n) is 3.10. The summed E-state index contributed by atoms with van der Waals surface area (Å²) in [4.78, 5) is 39.7. The van der Waals surface area contributed by atoms with E-state index in [1.165, 1.54) is 12.3 Å². The van der Waals surface area contributed by atoms with Gasteiger partial charge in [0.1, 0.15) is 6.54 Å². The lowest BCUT2D eigenvalue weighted by atomic mass is 10.2. The van der Waals surface area contributed by atoms with E-state index in [4.69, 9.17) is 14.2 Å². The van der Waals surface area contributed by atoms with Crippen LogP contribution in [0.2, 0.25) is 0 Å². The van der Waals surface area contributed by atoms with Gasteiger partial charge in [-0.3, -0.25) is 9.59 Å². The largest absolute Gasteiger partial charge is 0.489 e. The number of nitrogens with zero attached hydrogens (tertiary/aromatic N) is 1. The van der Waals surface area contributed by atoms with Crippen LogP contribution in [-0.2, 0) is 14.3 Å². The van der Waals surface area contributed by atoms with Crippen molar-refractivity contribution in [3.63, 3.8) is 0 Å². The quantitative estimate of drug-likeness (QED) is 0.499. The van der Waals surface area contributed by atoms with Crippen molar-refractivity contribution in [3.05, 3.63) is 23.5 Å². The number of pyridine rings is 1. The Morgan fingerprint density at radius 1 is 1.19 bits per heavy atom. The molecule has 0 atom stereocenters. The van der Waals surface area contributed by atoms with Gasteiger partial charge in [0.25, 0.3) is 5.91 Å². The third-order valence-corrected chi connectivity index (χ3v) is 3.10. The molecule has 0 unspecified atom stereocenters. The number of hydrogen-bond donors (Lipinski definition) is 1. The first-order valence-electron chi connectivity index (χ1n) is 8.66. The van der Waals surface area contributed by atoms with Crippen molar-refractivity contribution in [1.29, 1.82) is 0 Å². The predicted octanol–water partition coefficient (Wildman–Crippen LogP) is 2.12. The summed E-state index contributed by atoms with van der Waals surface area (Å²) >= 11 is 0. The van der Waals surface area contributed by atoms with Gasteiger partial charge in [-0.05, 0) is 33.3 Å². The van der Waals surface area contributed by atoms with Crippen molar-refractivity contribution >= 4 is 17.8 Å². The van der Waals surface area contributed by atoms with E-state index < -0.39 is 17.8 Å². The van der Waals surface area contributed by atoms with Crippen molar-refractivity contribution in [2.45, 2.75) is 46.6 Å². The van der Waals surface area contributed by atoms with Crippen LogP contribution in [0.5, 0.6) is 5.75 Å². The van der Waals surface area contributed by atoms with Gasteiger partial charge in [0.15, 0.2) is 11.4 Å². The molecule has 0 saturated heterocycles. The van der Waals surface area contributed by atoms with Gasteiger partial charge in [0.2, 0.25) is 0 Å². The van der Waals surface area contributed by atoms with Crippen LogP contribution in [0.3, 0.4) is 0 Å². The fraction of sp³-hybridized carbons (Fsp3) is 0.556. The Bertz CT molecular complexity index is 630. The predicted molar refractivity (Wildman–Crippen MR) is 94.2 cm³/mol. The minimum Gasteiger partial charge on any atom is -0.489 e. The summed E-state index contributed by atoms with van der Waals surface area (Å²) in [5.41, 5.74) is 0.158. The topological polar surface area (TPSA) is 104 Å². The van der Waals surface area contributed by atoms with Crippen LogP contribution in [0.4, 0.5) is 0 Å². The highest BCUT2D eigenvalue weighted by Crippen LogP contribution is 2.20. The molecule has 8 nitrogen and oxygen atoms in total. The molecule has 26 heavy (non-hydrogen) atoms. The van der Waals surface area contributed by atoms with E-state index in [0.717, 1.165) is 12.8 Å². The summed E-state index contributed by atoms with van der Waals surface area (Å²) in [7, 11) is 0. The first kappa shape index (κ1) is 21.4. The summed E-state index contributed by atoms with van der Waals surface area (Å²) in [6.45, 7) is 7.51. The highest BCUT2D eigenvalue weighted by molar-refractivity contribution is 5.98. The number of unbranched alkanes of at least 4 members (excludes halogenated alkanes) is 1. The molecule has 0 radical (unpaired) electrons. The molecule has 0 spiro atoms. The zero-order chi connectivity index (χ0) is 19.5. The Labute approximate surface area is 153 Å². The number of carbonyl (C=O) groups is 3. The second kappa shape index (κ2) is 11.1. The van der Waals surface area contributed by atoms with Gasteiger partial charge in [-0.1, -0.05) is 13.3 Å². The van der Waals surface area contributed by atoms with E-state index >= 15 is 0 Å². The van der Waals surface area contributed by atoms with Crippen molar-refractivity contribution < 1.29 is 28.6 Å². The van der Waals surface area contributed by atoms with Gasteiger partial charge in [0.05, 0.1) is 24.9 Å². The molecule has 1 N–H and O–H groups in total. The molecule has 0 aromatic carbocycles. The molecular formula is C18H26N2O6. The molecule has 1 aromatic heterocycles. The number of nitrogens with one attached hydrogen (secondary N) is 1. The van der Waals surface area contributed by atoms with Crippen LogP contribution in [0.15, 0.2) is 12.3 Å². The van der Waals surface area contributed by atoms with E-state index in [9.17, 15) is 14.4 Å². The number of carbonyl (C=O) groups excluding carboxylic acids is 3. The van der Waals surface area contributed by atoms with Crippen molar-refractivity contribution in [2.75, 3.05) is 19.8 Å². The van der Waals surface area contributed by atoms with Crippen molar-refractivity contribution in [1.82, 2.24) is 10.3 Å². The standard InChI is InChI=1S/C18H26N2O6/c1-5-7-8-25-15(21)11-20-17(22)16-14(26-12(3)4)9-13(10-19-16)18(23)24-6-2/h9-10,12H,5-8,11H2,1-4H3,(H,20,22). The van der Waals surface area contributed by atoms with Crippen molar-refractivity contribution in [3.8, 4) is 5.75 Å². The molecule has 0 aliphatic carbocycles. The second-order valence-corrected chi connectivity index (χ2v) is 5.71. The molecule has 1 aromatic rings. The van der Waals surface area contributed by atoms with Crippen LogP contribution in [0.1, 0.15) is 61.4 Å². The first-order valence-corrected chi connectivity index (χ1v) is 8.66. The molecule has 1 amide bonds. The zero-order valence-corrected chi connectivity index (χ0v) is 15.7. The summed E-state index contributed by atoms with van der Waals surface area (Å²) in [5.74, 6) is -1.53. The molecule has 0 bridgehead atoms. The monoisotopic (exact) mass is 366 g/mol. The average molecular weight is 366 g/mol. The van der Waals surface area contributed by atoms with E-state index in [-0.39, 0.29) is 36.3 Å². The van der Waals surface area contributed by atoms with Crippen LogP contribution in [0, 0.1) is 0 Å². The molecular weight excluding hydrogens is 340 g/mol. The van der Waals surface area contributed by atoms with Gasteiger partial charge in [-0.15, -0.1) is 0 Å². The fourth-order valence-electron chi connectivity index (χ4n) is 1.90. The average Bonchev–Trinajstić information content (AvgIpc) is 2.59. The van der Waals surface area contributed by atoms with Crippen LogP contribution in [0.25, 0.3) is 0 Å². The highest BCUT2D eigenvalue weighted by Gasteiger charge is 2.20. The second-order valence-electron chi connectivity index (χ2n) is 5.71. The highest BCUT2D eigenvalue weighted by atomic mass is 16.5. The van der Waals surface area contributed by atoms with Crippen LogP contribution in [-0.4, -0.2) is 48.7 Å². The Hall–Kier alpha value is -2.64. The lowest BCUT2D eigenvalue weighted by Gasteiger charge is -2.14. The van der Waals surface area contributed by atoms with E-state index in [0.29, 0.717) is 6.61 Å². The summed E-state index contributed by atoms with van der Waals surface area (Å²) in [5, 5.41) is 2.44. The molecule has 8 heteroatoms. The maximum absolute atomic E-state index is 12.3. The SMILES string of the molecule is CCCCOC(=O)CNC(=O)c1ncc(C(=O)OCC)cc1OC(C)C. The molecule has 0 aliphatic rings. The number of ether oxygens (including phenoxy) is 3. The Kier molecular flexibility index (Phi) is 9.11. The molecule has 0 aliphatic heterocycles. The van der Waals surface area contributed by atoms with E-state index in [1.54, 1.807) is 20.8 Å². The van der Waals surface area contributed by atoms with Gasteiger partial charge in [-0.2, -0.15) is 0 Å². The zero-order valence-electron chi connectivity index (χ0n) is 15.7. The number of hydrogen-bond acceptors (Lipinski definition) is 7. The van der Waals surface area contributed by atoms with Gasteiger partial charge < -0.3 is 19.5 Å². The Morgan fingerprint density at radius 3 is 2.54 bits per heavy atom. The molecule has 1 rings (SSSR count). The summed E-state index contributed by atoms with van der Waals surface area (Å²) < 4.78 is 15.5. The van der Waals surface area contributed by atoms with E-state index in [2.05, 4.69) is 10.3 Å². The van der Waals surface area contributed by atoms with Gasteiger partial charge in [-0.25, -0.2) is 9.78 Å². The number of esters is 2. The van der Waals surface area contributed by atoms with Crippen LogP contribution < -0.4 is 10.1 Å². The maximum atomic E-state index is 12.3. The summed E-state index contributed by atoms with van der Waals surface area (Å²) in [6, 6.07) is 1.40. The van der Waals surface area contributed by atoms with Crippen LogP contribution >= 0.6 is 0 Å². The number of aromatic nitrogens is 1.